The highest BCUT2D eigenvalue weighted by Crippen LogP contribution is 2.61. The van der Waals surface area contributed by atoms with Crippen LogP contribution in [0.2, 0.25) is 0 Å². The second-order valence-corrected chi connectivity index (χ2v) is 6.33. The molecule has 1 aliphatic carbocycles. The zero-order valence-corrected chi connectivity index (χ0v) is 12.0. The van der Waals surface area contributed by atoms with Gasteiger partial charge in [-0.05, 0) is 30.6 Å². The molecule has 0 heterocycles. The van der Waals surface area contributed by atoms with Crippen molar-refractivity contribution in [2.24, 2.45) is 23.2 Å². The molecule has 6 heteroatoms. The Balaban J connectivity index is 3.29. The van der Waals surface area contributed by atoms with Crippen LogP contribution < -0.4 is 0 Å². The largest absolute Gasteiger partial charge is 0.403 e. The Bertz CT molecular complexity index is 301. The fourth-order valence-corrected chi connectivity index (χ4v) is 3.69. The Morgan fingerprint density at radius 1 is 0.800 bits per heavy atom. The summed E-state index contributed by atoms with van der Waals surface area (Å²) in [6, 6.07) is 0. The minimum atomic E-state index is -5.27. The van der Waals surface area contributed by atoms with Gasteiger partial charge in [-0.15, -0.1) is 0 Å². The fourth-order valence-electron chi connectivity index (χ4n) is 3.69. The molecule has 0 aliphatic heterocycles. The topological polar surface area (TPSA) is 0 Å². The lowest BCUT2D eigenvalue weighted by Gasteiger charge is -2.46. The van der Waals surface area contributed by atoms with E-state index in [0.717, 1.165) is 13.8 Å². The molecule has 0 radical (unpaired) electrons. The Kier molecular flexibility index (Phi) is 5.08. The van der Waals surface area contributed by atoms with E-state index in [0.29, 0.717) is 19.3 Å². The predicted octanol–water partition coefficient (Wildman–Crippen LogP) is 5.97. The zero-order chi connectivity index (χ0) is 15.8. The van der Waals surface area contributed by atoms with Crippen LogP contribution in [0.15, 0.2) is 0 Å². The molecule has 2 unspecified atom stereocenters. The first-order valence-corrected chi connectivity index (χ1v) is 7.08. The molecule has 1 fully saturated rings. The van der Waals surface area contributed by atoms with Gasteiger partial charge in [-0.2, -0.15) is 26.3 Å². The summed E-state index contributed by atoms with van der Waals surface area (Å²) in [4.78, 5) is 0. The van der Waals surface area contributed by atoms with Gasteiger partial charge in [0.25, 0.3) is 0 Å². The van der Waals surface area contributed by atoms with E-state index in [4.69, 9.17) is 0 Å². The van der Waals surface area contributed by atoms with Gasteiger partial charge in [-0.25, -0.2) is 0 Å². The molecule has 0 N–H and O–H groups in total. The maximum absolute atomic E-state index is 13.4. The van der Waals surface area contributed by atoms with Crippen LogP contribution in [0.5, 0.6) is 0 Å². The molecule has 0 saturated heterocycles. The summed E-state index contributed by atoms with van der Waals surface area (Å²) in [5.41, 5.74) is -3.58. The van der Waals surface area contributed by atoms with Gasteiger partial charge in [0, 0.05) is 0 Å². The predicted molar refractivity (Wildman–Crippen MR) is 65.1 cm³/mol. The Morgan fingerprint density at radius 3 is 1.70 bits per heavy atom. The minimum absolute atomic E-state index is 0.00153. The van der Waals surface area contributed by atoms with Crippen molar-refractivity contribution in [2.45, 2.75) is 65.2 Å². The van der Waals surface area contributed by atoms with Crippen molar-refractivity contribution in [3.8, 4) is 0 Å². The molecule has 0 aromatic heterocycles. The van der Waals surface area contributed by atoms with Gasteiger partial charge in [-0.1, -0.05) is 40.0 Å². The molecule has 2 atom stereocenters. The zero-order valence-electron chi connectivity index (χ0n) is 12.0. The van der Waals surface area contributed by atoms with Gasteiger partial charge in [0.2, 0.25) is 0 Å². The van der Waals surface area contributed by atoms with Crippen LogP contribution in [0.4, 0.5) is 26.3 Å². The highest BCUT2D eigenvalue weighted by molar-refractivity contribution is 5.01. The van der Waals surface area contributed by atoms with Crippen molar-refractivity contribution in [1.29, 1.82) is 0 Å². The Morgan fingerprint density at radius 2 is 1.30 bits per heavy atom. The first-order chi connectivity index (χ1) is 8.94. The number of hydrogen-bond acceptors (Lipinski definition) is 0. The molecule has 120 valence electrons. The average molecular weight is 304 g/mol. The van der Waals surface area contributed by atoms with Gasteiger partial charge < -0.3 is 0 Å². The van der Waals surface area contributed by atoms with Gasteiger partial charge in [0.05, 0.1) is 0 Å². The van der Waals surface area contributed by atoms with Crippen LogP contribution in [-0.2, 0) is 0 Å². The van der Waals surface area contributed by atoms with Crippen LogP contribution >= 0.6 is 0 Å². The molecular formula is C14H22F6. The number of halogens is 6. The lowest BCUT2D eigenvalue weighted by Crippen LogP contribution is -2.58. The Labute approximate surface area is 115 Å². The monoisotopic (exact) mass is 304 g/mol. The van der Waals surface area contributed by atoms with E-state index in [9.17, 15) is 26.3 Å². The van der Waals surface area contributed by atoms with Gasteiger partial charge in [0.15, 0.2) is 5.41 Å². The maximum Gasteiger partial charge on any atom is 0.403 e. The molecule has 20 heavy (non-hydrogen) atoms. The third kappa shape index (κ3) is 2.93. The summed E-state index contributed by atoms with van der Waals surface area (Å²) in [6.45, 7) is 3.96. The lowest BCUT2D eigenvalue weighted by molar-refractivity contribution is -0.374. The van der Waals surface area contributed by atoms with Gasteiger partial charge in [-0.3, -0.25) is 0 Å². The van der Waals surface area contributed by atoms with E-state index in [1.807, 2.05) is 6.92 Å². The second-order valence-electron chi connectivity index (χ2n) is 6.33. The van der Waals surface area contributed by atoms with Gasteiger partial charge >= 0.3 is 12.4 Å². The highest BCUT2D eigenvalue weighted by Gasteiger charge is 2.74. The smallest absolute Gasteiger partial charge is 0.170 e. The molecule has 0 aromatic rings. The second kappa shape index (κ2) is 5.76. The fraction of sp³-hybridized carbons (Fsp3) is 1.00. The minimum Gasteiger partial charge on any atom is -0.170 e. The van der Waals surface area contributed by atoms with E-state index in [1.54, 1.807) is 0 Å². The SMILES string of the molecule is CC1CCCC(C(C(C)C)(C(F)(F)F)C(F)(F)F)CC1. The van der Waals surface area contributed by atoms with Crippen molar-refractivity contribution in [2.75, 3.05) is 0 Å². The lowest BCUT2D eigenvalue weighted by atomic mass is 9.63. The molecule has 0 aromatic carbocycles. The summed E-state index contributed by atoms with van der Waals surface area (Å²) in [5.74, 6) is -2.68. The molecule has 0 spiro atoms. The van der Waals surface area contributed by atoms with Crippen LogP contribution in [0.1, 0.15) is 52.9 Å². The highest BCUT2D eigenvalue weighted by atomic mass is 19.4. The van der Waals surface area contributed by atoms with Crippen molar-refractivity contribution < 1.29 is 26.3 Å². The molecule has 1 saturated carbocycles. The number of rotatable bonds is 2. The standard InChI is InChI=1S/C14H22F6/c1-9(2)12(13(15,16)17,14(18,19)20)11-6-4-5-10(3)7-8-11/h9-11H,4-8H2,1-3H3. The maximum atomic E-state index is 13.4. The quantitative estimate of drug-likeness (QED) is 0.435. The third-order valence-electron chi connectivity index (χ3n) is 4.75. The summed E-state index contributed by atoms with van der Waals surface area (Å²) >= 11 is 0. The first-order valence-electron chi connectivity index (χ1n) is 7.08. The van der Waals surface area contributed by atoms with Crippen LogP contribution in [0.3, 0.4) is 0 Å². The molecule has 0 bridgehead atoms. The van der Waals surface area contributed by atoms with Crippen LogP contribution in [-0.4, -0.2) is 12.4 Å². The van der Waals surface area contributed by atoms with Gasteiger partial charge in [0.1, 0.15) is 0 Å². The van der Waals surface area contributed by atoms with E-state index >= 15 is 0 Å². The molecule has 1 aliphatic rings. The summed E-state index contributed by atoms with van der Waals surface area (Å²) in [5, 5.41) is 0. The number of alkyl halides is 6. The van der Waals surface area contributed by atoms with Crippen molar-refractivity contribution in [3.05, 3.63) is 0 Å². The third-order valence-corrected chi connectivity index (χ3v) is 4.75. The van der Waals surface area contributed by atoms with E-state index < -0.39 is 29.6 Å². The summed E-state index contributed by atoms with van der Waals surface area (Å²) < 4.78 is 80.5. The van der Waals surface area contributed by atoms with E-state index in [1.165, 1.54) is 0 Å². The molecular weight excluding hydrogens is 282 g/mol. The summed E-state index contributed by atoms with van der Waals surface area (Å²) in [6.07, 6.45) is -8.95. The Hall–Kier alpha value is -0.420. The first kappa shape index (κ1) is 17.6. The van der Waals surface area contributed by atoms with E-state index in [-0.39, 0.29) is 18.8 Å². The summed E-state index contributed by atoms with van der Waals surface area (Å²) in [7, 11) is 0. The van der Waals surface area contributed by atoms with Crippen molar-refractivity contribution in [1.82, 2.24) is 0 Å². The van der Waals surface area contributed by atoms with E-state index in [2.05, 4.69) is 0 Å². The van der Waals surface area contributed by atoms with Crippen molar-refractivity contribution >= 4 is 0 Å². The van der Waals surface area contributed by atoms with Crippen LogP contribution in [0, 0.1) is 23.2 Å². The molecule has 1 rings (SSSR count). The van der Waals surface area contributed by atoms with Crippen LogP contribution in [0.25, 0.3) is 0 Å². The molecule has 0 amide bonds. The number of hydrogen-bond donors (Lipinski definition) is 0. The molecule has 0 nitrogen and oxygen atoms in total. The normalized spacial score (nSPS) is 26.7. The van der Waals surface area contributed by atoms with Crippen molar-refractivity contribution in [3.63, 3.8) is 0 Å². The average Bonchev–Trinajstić information content (AvgIpc) is 2.39.